The van der Waals surface area contributed by atoms with E-state index in [9.17, 15) is 9.59 Å². The van der Waals surface area contributed by atoms with Gasteiger partial charge in [0.15, 0.2) is 5.78 Å². The molecular weight excluding hydrogens is 296 g/mol. The molecule has 2 aromatic carbocycles. The standard InChI is InChI=1S/C22H24O2/c1-22(2,3)21(24)19(20(23)18-14-8-5-9-15-18)16-10-13-17-11-6-4-7-12-17/h4-15,19H,16H2,1-3H3. The van der Waals surface area contributed by atoms with Crippen LogP contribution in [0, 0.1) is 11.3 Å². The minimum absolute atomic E-state index is 0.0194. The molecule has 0 fully saturated rings. The Labute approximate surface area is 144 Å². The summed E-state index contributed by atoms with van der Waals surface area (Å²) in [4.78, 5) is 25.6. The van der Waals surface area contributed by atoms with E-state index >= 15 is 0 Å². The van der Waals surface area contributed by atoms with Crippen molar-refractivity contribution in [3.63, 3.8) is 0 Å². The highest BCUT2D eigenvalue weighted by Crippen LogP contribution is 2.26. The van der Waals surface area contributed by atoms with Crippen molar-refractivity contribution in [2.45, 2.75) is 27.2 Å². The van der Waals surface area contributed by atoms with Gasteiger partial charge in [0.05, 0.1) is 5.92 Å². The summed E-state index contributed by atoms with van der Waals surface area (Å²) in [6, 6.07) is 18.9. The van der Waals surface area contributed by atoms with Crippen LogP contribution >= 0.6 is 0 Å². The molecular formula is C22H24O2. The minimum Gasteiger partial charge on any atom is -0.298 e. The quantitative estimate of drug-likeness (QED) is 0.541. The number of carbonyl (C=O) groups is 2. The molecule has 0 amide bonds. The Morgan fingerprint density at radius 3 is 2.00 bits per heavy atom. The molecule has 0 aliphatic rings. The van der Waals surface area contributed by atoms with Crippen LogP contribution in [0.25, 0.3) is 6.08 Å². The summed E-state index contributed by atoms with van der Waals surface area (Å²) in [6.45, 7) is 5.59. The average molecular weight is 320 g/mol. The Balaban J connectivity index is 2.22. The lowest BCUT2D eigenvalue weighted by Crippen LogP contribution is -2.33. The topological polar surface area (TPSA) is 34.1 Å². The second kappa shape index (κ2) is 7.87. The van der Waals surface area contributed by atoms with E-state index in [1.807, 2.05) is 81.5 Å². The van der Waals surface area contributed by atoms with Gasteiger partial charge >= 0.3 is 0 Å². The van der Waals surface area contributed by atoms with Crippen molar-refractivity contribution in [2.24, 2.45) is 11.3 Å². The molecule has 0 aliphatic carbocycles. The Hall–Kier alpha value is -2.48. The molecule has 0 radical (unpaired) electrons. The summed E-state index contributed by atoms with van der Waals surface area (Å²) in [7, 11) is 0. The maximum atomic E-state index is 12.8. The van der Waals surface area contributed by atoms with Crippen LogP contribution in [-0.2, 0) is 4.79 Å². The molecule has 124 valence electrons. The largest absolute Gasteiger partial charge is 0.298 e. The van der Waals surface area contributed by atoms with Gasteiger partial charge in [-0.25, -0.2) is 0 Å². The number of ketones is 2. The first-order chi connectivity index (χ1) is 11.4. The monoisotopic (exact) mass is 320 g/mol. The van der Waals surface area contributed by atoms with E-state index in [4.69, 9.17) is 0 Å². The van der Waals surface area contributed by atoms with Gasteiger partial charge in [0, 0.05) is 11.0 Å². The van der Waals surface area contributed by atoms with Gasteiger partial charge in [-0.2, -0.15) is 0 Å². The van der Waals surface area contributed by atoms with E-state index in [0.29, 0.717) is 12.0 Å². The van der Waals surface area contributed by atoms with Gasteiger partial charge in [-0.15, -0.1) is 0 Å². The molecule has 0 heterocycles. The summed E-state index contributed by atoms with van der Waals surface area (Å²) < 4.78 is 0. The fourth-order valence-corrected chi connectivity index (χ4v) is 2.56. The Bertz CT molecular complexity index is 707. The molecule has 0 aliphatic heterocycles. The lowest BCUT2D eigenvalue weighted by molar-refractivity contribution is -0.128. The summed E-state index contributed by atoms with van der Waals surface area (Å²) in [5.41, 5.74) is 1.11. The number of allylic oxidation sites excluding steroid dienone is 1. The number of hydrogen-bond donors (Lipinski definition) is 0. The molecule has 0 bridgehead atoms. The number of benzene rings is 2. The van der Waals surface area contributed by atoms with Gasteiger partial charge in [-0.3, -0.25) is 9.59 Å². The lowest BCUT2D eigenvalue weighted by Gasteiger charge is -2.23. The Morgan fingerprint density at radius 1 is 0.917 bits per heavy atom. The summed E-state index contributed by atoms with van der Waals surface area (Å²) in [5, 5.41) is 0. The van der Waals surface area contributed by atoms with Gasteiger partial charge in [-0.1, -0.05) is 93.6 Å². The maximum absolute atomic E-state index is 12.8. The van der Waals surface area contributed by atoms with E-state index in [2.05, 4.69) is 0 Å². The fourth-order valence-electron chi connectivity index (χ4n) is 2.56. The van der Waals surface area contributed by atoms with Gasteiger partial charge in [0.2, 0.25) is 0 Å². The molecule has 0 saturated carbocycles. The van der Waals surface area contributed by atoms with E-state index < -0.39 is 11.3 Å². The van der Waals surface area contributed by atoms with Crippen molar-refractivity contribution in [2.75, 3.05) is 0 Å². The molecule has 2 nitrogen and oxygen atoms in total. The second-order valence-electron chi connectivity index (χ2n) is 6.95. The maximum Gasteiger partial charge on any atom is 0.173 e. The van der Waals surface area contributed by atoms with Crippen molar-refractivity contribution in [1.82, 2.24) is 0 Å². The SMILES string of the molecule is CC(C)(C)C(=O)C(CC=Cc1ccccc1)C(=O)c1ccccc1. The molecule has 2 aromatic rings. The molecule has 2 heteroatoms. The number of carbonyl (C=O) groups excluding carboxylic acids is 2. The van der Waals surface area contributed by atoms with Gasteiger partial charge in [0.25, 0.3) is 0 Å². The molecule has 0 spiro atoms. The lowest BCUT2D eigenvalue weighted by atomic mass is 9.78. The third kappa shape index (κ3) is 4.76. The summed E-state index contributed by atoms with van der Waals surface area (Å²) in [5.74, 6) is -0.769. The van der Waals surface area contributed by atoms with Gasteiger partial charge in [0.1, 0.15) is 5.78 Å². The first-order valence-electron chi connectivity index (χ1n) is 8.25. The Kier molecular flexibility index (Phi) is 5.86. The molecule has 24 heavy (non-hydrogen) atoms. The minimum atomic E-state index is -0.646. The fraction of sp³-hybridized carbons (Fsp3) is 0.273. The van der Waals surface area contributed by atoms with Crippen LogP contribution in [-0.4, -0.2) is 11.6 Å². The zero-order valence-corrected chi connectivity index (χ0v) is 14.5. The predicted molar refractivity (Wildman–Crippen MR) is 98.8 cm³/mol. The van der Waals surface area contributed by atoms with Crippen LogP contribution in [0.1, 0.15) is 43.1 Å². The summed E-state index contributed by atoms with van der Waals surface area (Å²) in [6.07, 6.45) is 4.30. The van der Waals surface area contributed by atoms with Crippen molar-refractivity contribution in [3.05, 3.63) is 77.9 Å². The van der Waals surface area contributed by atoms with Crippen molar-refractivity contribution in [1.29, 1.82) is 0 Å². The highest BCUT2D eigenvalue weighted by atomic mass is 16.2. The normalized spacial score (nSPS) is 13.0. The van der Waals surface area contributed by atoms with E-state index in [1.54, 1.807) is 12.1 Å². The molecule has 1 unspecified atom stereocenters. The zero-order valence-electron chi connectivity index (χ0n) is 14.5. The molecule has 0 aromatic heterocycles. The van der Waals surface area contributed by atoms with Crippen LogP contribution in [0.4, 0.5) is 0 Å². The van der Waals surface area contributed by atoms with Crippen LogP contribution in [0.3, 0.4) is 0 Å². The molecule has 1 atom stereocenters. The van der Waals surface area contributed by atoms with Crippen molar-refractivity contribution in [3.8, 4) is 0 Å². The molecule has 0 saturated heterocycles. The highest BCUT2D eigenvalue weighted by Gasteiger charge is 2.34. The second-order valence-corrected chi connectivity index (χ2v) is 6.95. The zero-order chi connectivity index (χ0) is 17.6. The Morgan fingerprint density at radius 2 is 1.46 bits per heavy atom. The first kappa shape index (κ1) is 17.9. The van der Waals surface area contributed by atoms with E-state index in [-0.39, 0.29) is 11.6 Å². The third-order valence-corrected chi connectivity index (χ3v) is 3.91. The van der Waals surface area contributed by atoms with Crippen LogP contribution in [0.15, 0.2) is 66.7 Å². The number of hydrogen-bond acceptors (Lipinski definition) is 2. The third-order valence-electron chi connectivity index (χ3n) is 3.91. The summed E-state index contributed by atoms with van der Waals surface area (Å²) >= 11 is 0. The average Bonchev–Trinajstić information content (AvgIpc) is 2.58. The van der Waals surface area contributed by atoms with Crippen LogP contribution < -0.4 is 0 Å². The number of Topliss-reactive ketones (excluding diaryl/α,β-unsaturated/α-hetero) is 2. The smallest absolute Gasteiger partial charge is 0.173 e. The predicted octanol–water partition coefficient (Wildman–Crippen LogP) is 5.20. The van der Waals surface area contributed by atoms with E-state index in [0.717, 1.165) is 5.56 Å². The first-order valence-corrected chi connectivity index (χ1v) is 8.25. The van der Waals surface area contributed by atoms with E-state index in [1.165, 1.54) is 0 Å². The molecule has 0 N–H and O–H groups in total. The number of rotatable bonds is 6. The van der Waals surface area contributed by atoms with Gasteiger partial charge < -0.3 is 0 Å². The molecule has 2 rings (SSSR count). The van der Waals surface area contributed by atoms with Crippen LogP contribution in [0.5, 0.6) is 0 Å². The van der Waals surface area contributed by atoms with Crippen LogP contribution in [0.2, 0.25) is 0 Å². The van der Waals surface area contributed by atoms with Crippen molar-refractivity contribution >= 4 is 17.6 Å². The van der Waals surface area contributed by atoms with Crippen molar-refractivity contribution < 1.29 is 9.59 Å². The van der Waals surface area contributed by atoms with Gasteiger partial charge in [-0.05, 0) is 12.0 Å². The highest BCUT2D eigenvalue weighted by molar-refractivity contribution is 6.12.